The van der Waals surface area contributed by atoms with Gasteiger partial charge in [0.05, 0.1) is 29.8 Å². The molecule has 37 heavy (non-hydrogen) atoms. The lowest BCUT2D eigenvalue weighted by Crippen LogP contribution is -2.50. The van der Waals surface area contributed by atoms with Crippen molar-refractivity contribution in [3.05, 3.63) is 47.9 Å². The molecule has 2 atom stereocenters. The van der Waals surface area contributed by atoms with Crippen LogP contribution in [0.3, 0.4) is 0 Å². The predicted molar refractivity (Wildman–Crippen MR) is 146 cm³/mol. The number of hydrogen-bond acceptors (Lipinski definition) is 7. The Kier molecular flexibility index (Phi) is 9.50. The summed E-state index contributed by atoms with van der Waals surface area (Å²) >= 11 is 0. The summed E-state index contributed by atoms with van der Waals surface area (Å²) in [5.41, 5.74) is 1.49. The Labute approximate surface area is 220 Å². The zero-order valence-electron chi connectivity index (χ0n) is 21.6. The molecule has 1 saturated heterocycles. The topological polar surface area (TPSA) is 124 Å². The fourth-order valence-corrected chi connectivity index (χ4v) is 6.81. The van der Waals surface area contributed by atoms with Gasteiger partial charge in [0.15, 0.2) is 0 Å². The third-order valence-electron chi connectivity index (χ3n) is 7.20. The molecule has 2 heterocycles. The number of sulfonamides is 1. The lowest BCUT2D eigenvalue weighted by Gasteiger charge is -2.30. The summed E-state index contributed by atoms with van der Waals surface area (Å²) in [6.45, 7) is 3.33. The molecule has 0 spiro atoms. The maximum atomic E-state index is 13.5. The SMILES string of the molecule is CCNc1cc(C(=O)N[C@@H](Cc2ccco2)[C@H](O)CNC2CCCCC2)cc(N2CCCCS2(=O)=O)c1. The van der Waals surface area contributed by atoms with Gasteiger partial charge in [0.1, 0.15) is 5.76 Å². The summed E-state index contributed by atoms with van der Waals surface area (Å²) in [7, 11) is -3.43. The van der Waals surface area contributed by atoms with Crippen molar-refractivity contribution in [2.75, 3.05) is 35.0 Å². The number of nitrogens with zero attached hydrogens (tertiary/aromatic N) is 1. The maximum Gasteiger partial charge on any atom is 0.251 e. The minimum absolute atomic E-state index is 0.103. The lowest BCUT2D eigenvalue weighted by molar-refractivity contribution is 0.0814. The van der Waals surface area contributed by atoms with E-state index in [9.17, 15) is 18.3 Å². The highest BCUT2D eigenvalue weighted by Crippen LogP contribution is 2.28. The number of aliphatic hydroxyl groups excluding tert-OH is 1. The average Bonchev–Trinajstić information content (AvgIpc) is 3.40. The van der Waals surface area contributed by atoms with Crippen molar-refractivity contribution in [1.29, 1.82) is 0 Å². The van der Waals surface area contributed by atoms with Crippen LogP contribution in [0.2, 0.25) is 0 Å². The Morgan fingerprint density at radius 2 is 1.97 bits per heavy atom. The second-order valence-electron chi connectivity index (χ2n) is 10.1. The maximum absolute atomic E-state index is 13.5. The van der Waals surface area contributed by atoms with E-state index in [-0.39, 0.29) is 11.7 Å². The molecular weight excluding hydrogens is 492 g/mol. The van der Waals surface area contributed by atoms with Crippen LogP contribution in [0.1, 0.15) is 68.0 Å². The van der Waals surface area contributed by atoms with E-state index < -0.39 is 22.2 Å². The number of carbonyl (C=O) groups excluding carboxylic acids is 1. The number of rotatable bonds is 11. The zero-order valence-corrected chi connectivity index (χ0v) is 22.4. The fraction of sp³-hybridized carbons (Fsp3) is 0.593. The summed E-state index contributed by atoms with van der Waals surface area (Å²) in [6, 6.07) is 8.52. The van der Waals surface area contributed by atoms with Crippen molar-refractivity contribution in [3.63, 3.8) is 0 Å². The quantitative estimate of drug-likeness (QED) is 0.350. The van der Waals surface area contributed by atoms with Crippen LogP contribution in [-0.4, -0.2) is 63.0 Å². The van der Waals surface area contributed by atoms with Crippen LogP contribution in [0.4, 0.5) is 11.4 Å². The summed E-state index contributed by atoms with van der Waals surface area (Å²) in [6.07, 6.45) is 8.34. The number of amides is 1. The van der Waals surface area contributed by atoms with E-state index >= 15 is 0 Å². The van der Waals surface area contributed by atoms with Crippen molar-refractivity contribution in [3.8, 4) is 0 Å². The Hall–Kier alpha value is -2.56. The molecule has 204 valence electrons. The molecule has 2 fully saturated rings. The number of aliphatic hydroxyl groups is 1. The number of anilines is 2. The minimum Gasteiger partial charge on any atom is -0.469 e. The first kappa shape index (κ1) is 27.5. The van der Waals surface area contributed by atoms with Crippen molar-refractivity contribution in [2.24, 2.45) is 0 Å². The van der Waals surface area contributed by atoms with Crippen molar-refractivity contribution < 1.29 is 22.7 Å². The summed E-state index contributed by atoms with van der Waals surface area (Å²) in [5.74, 6) is 0.401. The van der Waals surface area contributed by atoms with Gasteiger partial charge in [-0.1, -0.05) is 19.3 Å². The molecule has 4 N–H and O–H groups in total. The Bertz CT molecular complexity index is 1120. The zero-order chi connectivity index (χ0) is 26.3. The molecule has 1 aliphatic heterocycles. The first-order valence-corrected chi connectivity index (χ1v) is 15.1. The molecule has 9 nitrogen and oxygen atoms in total. The van der Waals surface area contributed by atoms with Gasteiger partial charge in [-0.15, -0.1) is 0 Å². The van der Waals surface area contributed by atoms with Crippen LogP contribution in [0.25, 0.3) is 0 Å². The van der Waals surface area contributed by atoms with Gasteiger partial charge < -0.3 is 25.5 Å². The fourth-order valence-electron chi connectivity index (χ4n) is 5.19. The van der Waals surface area contributed by atoms with E-state index in [2.05, 4.69) is 16.0 Å². The van der Waals surface area contributed by atoms with Crippen LogP contribution in [-0.2, 0) is 16.4 Å². The number of carbonyl (C=O) groups is 1. The lowest BCUT2D eigenvalue weighted by atomic mass is 9.95. The number of furan rings is 1. The smallest absolute Gasteiger partial charge is 0.251 e. The van der Waals surface area contributed by atoms with Crippen molar-refractivity contribution >= 4 is 27.3 Å². The van der Waals surface area contributed by atoms with Crippen LogP contribution in [0, 0.1) is 0 Å². The second kappa shape index (κ2) is 12.8. The molecule has 1 amide bonds. The standard InChI is InChI=1S/C27H40N4O5S/c1-2-28-22-15-20(16-23(17-22)31-12-6-7-14-37(31,34)35)27(33)30-25(18-24-11-8-13-36-24)26(32)19-29-21-9-4-3-5-10-21/h8,11,13,15-17,21,25-26,28-29,32H,2-7,9-10,12,14,18-19H2,1H3,(H,30,33)/t25-,26+/m0/s1. The van der Waals surface area contributed by atoms with Crippen LogP contribution in [0.5, 0.6) is 0 Å². The van der Waals surface area contributed by atoms with Crippen LogP contribution >= 0.6 is 0 Å². The third kappa shape index (κ3) is 7.49. The minimum atomic E-state index is -3.43. The molecular formula is C27H40N4O5S. The molecule has 2 aromatic rings. The largest absolute Gasteiger partial charge is 0.469 e. The van der Waals surface area contributed by atoms with Crippen LogP contribution < -0.4 is 20.3 Å². The predicted octanol–water partition coefficient (Wildman–Crippen LogP) is 3.27. The molecule has 1 aromatic heterocycles. The van der Waals surface area contributed by atoms with E-state index in [4.69, 9.17) is 4.42 Å². The molecule has 2 aliphatic rings. The highest BCUT2D eigenvalue weighted by molar-refractivity contribution is 7.92. The van der Waals surface area contributed by atoms with Gasteiger partial charge in [-0.2, -0.15) is 0 Å². The molecule has 1 aliphatic carbocycles. The first-order chi connectivity index (χ1) is 17.9. The Morgan fingerprint density at radius 3 is 2.68 bits per heavy atom. The third-order valence-corrected chi connectivity index (χ3v) is 9.07. The molecule has 0 bridgehead atoms. The molecule has 0 unspecified atom stereocenters. The molecule has 4 rings (SSSR count). The monoisotopic (exact) mass is 532 g/mol. The molecule has 1 aromatic carbocycles. The van der Waals surface area contributed by atoms with Gasteiger partial charge >= 0.3 is 0 Å². The summed E-state index contributed by atoms with van der Waals surface area (Å²) in [4.78, 5) is 13.5. The van der Waals surface area contributed by atoms with E-state index in [1.807, 2.05) is 13.0 Å². The molecule has 1 saturated carbocycles. The van der Waals surface area contributed by atoms with Gasteiger partial charge in [-0.05, 0) is 62.9 Å². The highest BCUT2D eigenvalue weighted by atomic mass is 32.2. The van der Waals surface area contributed by atoms with E-state index in [1.54, 1.807) is 30.5 Å². The van der Waals surface area contributed by atoms with Gasteiger partial charge in [-0.3, -0.25) is 9.10 Å². The first-order valence-electron chi connectivity index (χ1n) is 13.5. The van der Waals surface area contributed by atoms with E-state index in [0.29, 0.717) is 61.2 Å². The van der Waals surface area contributed by atoms with Gasteiger partial charge in [0.2, 0.25) is 10.0 Å². The van der Waals surface area contributed by atoms with Gasteiger partial charge in [0, 0.05) is 43.3 Å². The summed E-state index contributed by atoms with van der Waals surface area (Å²) < 4.78 is 32.4. The second-order valence-corrected chi connectivity index (χ2v) is 12.1. The van der Waals surface area contributed by atoms with E-state index in [0.717, 1.165) is 19.3 Å². The Balaban J connectivity index is 1.53. The highest BCUT2D eigenvalue weighted by Gasteiger charge is 2.28. The van der Waals surface area contributed by atoms with Gasteiger partial charge in [0.25, 0.3) is 5.91 Å². The Morgan fingerprint density at radius 1 is 1.16 bits per heavy atom. The number of benzene rings is 1. The number of hydrogen-bond donors (Lipinski definition) is 4. The molecule has 10 heteroatoms. The van der Waals surface area contributed by atoms with Crippen molar-refractivity contribution in [1.82, 2.24) is 10.6 Å². The molecule has 0 radical (unpaired) electrons. The number of nitrogens with one attached hydrogen (secondary N) is 3. The van der Waals surface area contributed by atoms with E-state index in [1.165, 1.54) is 23.6 Å². The van der Waals surface area contributed by atoms with Gasteiger partial charge in [-0.25, -0.2) is 8.42 Å². The van der Waals surface area contributed by atoms with Crippen molar-refractivity contribution in [2.45, 2.75) is 76.5 Å². The normalized spacial score (nSPS) is 19.8. The summed E-state index contributed by atoms with van der Waals surface area (Å²) in [5, 5.41) is 20.7. The average molecular weight is 533 g/mol. The van der Waals surface area contributed by atoms with Crippen LogP contribution in [0.15, 0.2) is 41.0 Å².